The molecule has 0 fully saturated rings. The Morgan fingerprint density at radius 2 is 2.17 bits per heavy atom. The second-order valence-corrected chi connectivity index (χ2v) is 3.65. The third-order valence-corrected chi connectivity index (χ3v) is 2.36. The quantitative estimate of drug-likeness (QED) is 0.701. The first-order valence-electron chi connectivity index (χ1n) is 3.94. The number of hydrogen-bond donors (Lipinski definition) is 1. The van der Waals surface area contributed by atoms with E-state index in [1.54, 1.807) is 18.7 Å². The van der Waals surface area contributed by atoms with Crippen LogP contribution in [0.5, 0.6) is 0 Å². The van der Waals surface area contributed by atoms with Gasteiger partial charge < -0.3 is 10.1 Å². The van der Waals surface area contributed by atoms with Gasteiger partial charge in [0.1, 0.15) is 6.10 Å². The fourth-order valence-corrected chi connectivity index (χ4v) is 1.34. The third kappa shape index (κ3) is 4.62. The highest BCUT2D eigenvalue weighted by atomic mass is 32.2. The van der Waals surface area contributed by atoms with Crippen molar-refractivity contribution in [2.45, 2.75) is 26.0 Å². The van der Waals surface area contributed by atoms with E-state index in [9.17, 15) is 4.79 Å². The number of thioether (sulfide) groups is 1. The minimum atomic E-state index is -0.352. The van der Waals surface area contributed by atoms with Gasteiger partial charge >= 0.3 is 0 Å². The van der Waals surface area contributed by atoms with Crippen LogP contribution in [0.25, 0.3) is 0 Å². The summed E-state index contributed by atoms with van der Waals surface area (Å²) in [4.78, 5) is 11.2. The Morgan fingerprint density at radius 3 is 2.58 bits per heavy atom. The molecule has 0 rings (SSSR count). The van der Waals surface area contributed by atoms with E-state index in [1.165, 1.54) is 7.11 Å². The number of ether oxygens (including phenoxy) is 1. The summed E-state index contributed by atoms with van der Waals surface area (Å²) in [6.45, 7) is 3.72. The van der Waals surface area contributed by atoms with E-state index in [2.05, 4.69) is 5.32 Å². The molecular weight excluding hydrogens is 174 g/mol. The molecule has 2 atom stereocenters. The molecule has 3 nitrogen and oxygen atoms in total. The predicted octanol–water partition coefficient (Wildman–Crippen LogP) is 0.889. The average Bonchev–Trinajstić information content (AvgIpc) is 2.03. The zero-order valence-electron chi connectivity index (χ0n) is 8.09. The largest absolute Gasteiger partial charge is 0.372 e. The van der Waals surface area contributed by atoms with E-state index in [0.29, 0.717) is 0 Å². The van der Waals surface area contributed by atoms with E-state index < -0.39 is 0 Å². The smallest absolute Gasteiger partial charge is 0.249 e. The second kappa shape index (κ2) is 6.31. The molecule has 0 saturated heterocycles. The van der Waals surface area contributed by atoms with Crippen LogP contribution < -0.4 is 5.32 Å². The SMILES string of the molecule is COC(C)C(=O)NC(C)CSC. The Kier molecular flexibility index (Phi) is 6.20. The van der Waals surface area contributed by atoms with Crippen LogP contribution in [0.4, 0.5) is 0 Å². The van der Waals surface area contributed by atoms with E-state index in [0.717, 1.165) is 5.75 Å². The summed E-state index contributed by atoms with van der Waals surface area (Å²) in [5, 5.41) is 2.85. The molecule has 0 heterocycles. The van der Waals surface area contributed by atoms with Crippen molar-refractivity contribution in [1.82, 2.24) is 5.32 Å². The van der Waals surface area contributed by atoms with E-state index >= 15 is 0 Å². The summed E-state index contributed by atoms with van der Waals surface area (Å²) in [6.07, 6.45) is 1.66. The molecule has 0 aromatic carbocycles. The molecule has 1 N–H and O–H groups in total. The van der Waals surface area contributed by atoms with Crippen LogP contribution in [0.3, 0.4) is 0 Å². The Balaban J connectivity index is 3.67. The van der Waals surface area contributed by atoms with Crippen molar-refractivity contribution in [3.8, 4) is 0 Å². The maximum absolute atomic E-state index is 11.2. The summed E-state index contributed by atoms with van der Waals surface area (Å²) in [5.41, 5.74) is 0. The number of carbonyl (C=O) groups excluding carboxylic acids is 1. The minimum absolute atomic E-state index is 0.0425. The standard InChI is InChI=1S/C8H17NO2S/c1-6(5-12-4)9-8(10)7(2)11-3/h6-7H,5H2,1-4H3,(H,9,10). The summed E-state index contributed by atoms with van der Waals surface area (Å²) >= 11 is 1.72. The molecule has 2 unspecified atom stereocenters. The fraction of sp³-hybridized carbons (Fsp3) is 0.875. The van der Waals surface area contributed by atoms with Gasteiger partial charge in [0, 0.05) is 18.9 Å². The van der Waals surface area contributed by atoms with Gasteiger partial charge in [0.2, 0.25) is 5.91 Å². The lowest BCUT2D eigenvalue weighted by Crippen LogP contribution is -2.40. The Hall–Kier alpha value is -0.220. The molecule has 0 radical (unpaired) electrons. The summed E-state index contributed by atoms with van der Waals surface area (Å²) in [6, 6.07) is 0.213. The molecular formula is C8H17NO2S. The number of hydrogen-bond acceptors (Lipinski definition) is 3. The van der Waals surface area contributed by atoms with Crippen LogP contribution in [0.2, 0.25) is 0 Å². The van der Waals surface area contributed by atoms with Crippen molar-refractivity contribution < 1.29 is 9.53 Å². The van der Waals surface area contributed by atoms with E-state index in [1.807, 2.05) is 13.2 Å². The maximum Gasteiger partial charge on any atom is 0.249 e. The number of amides is 1. The van der Waals surface area contributed by atoms with Gasteiger partial charge in [0.05, 0.1) is 0 Å². The Morgan fingerprint density at radius 1 is 1.58 bits per heavy atom. The van der Waals surface area contributed by atoms with Gasteiger partial charge in [-0.05, 0) is 20.1 Å². The van der Waals surface area contributed by atoms with Gasteiger partial charge in [0.15, 0.2) is 0 Å². The first-order valence-corrected chi connectivity index (χ1v) is 5.33. The monoisotopic (exact) mass is 191 g/mol. The van der Waals surface area contributed by atoms with E-state index in [4.69, 9.17) is 4.74 Å². The lowest BCUT2D eigenvalue weighted by Gasteiger charge is -2.15. The van der Waals surface area contributed by atoms with Crippen LogP contribution in [-0.2, 0) is 9.53 Å². The molecule has 1 amide bonds. The lowest BCUT2D eigenvalue weighted by atomic mass is 10.3. The Bertz CT molecular complexity index is 141. The number of rotatable bonds is 5. The van der Waals surface area contributed by atoms with Gasteiger partial charge in [0.25, 0.3) is 0 Å². The van der Waals surface area contributed by atoms with Crippen molar-refractivity contribution in [3.63, 3.8) is 0 Å². The van der Waals surface area contributed by atoms with Crippen LogP contribution >= 0.6 is 11.8 Å². The molecule has 4 heteroatoms. The Labute approximate surface area is 78.2 Å². The lowest BCUT2D eigenvalue weighted by molar-refractivity contribution is -0.130. The molecule has 12 heavy (non-hydrogen) atoms. The molecule has 0 aromatic heterocycles. The molecule has 0 aliphatic rings. The van der Waals surface area contributed by atoms with Crippen molar-refractivity contribution in [3.05, 3.63) is 0 Å². The van der Waals surface area contributed by atoms with Crippen molar-refractivity contribution in [2.24, 2.45) is 0 Å². The van der Waals surface area contributed by atoms with Gasteiger partial charge in [-0.1, -0.05) is 0 Å². The number of methoxy groups -OCH3 is 1. The molecule has 0 aromatic rings. The van der Waals surface area contributed by atoms with Crippen molar-refractivity contribution >= 4 is 17.7 Å². The van der Waals surface area contributed by atoms with E-state index in [-0.39, 0.29) is 18.1 Å². The van der Waals surface area contributed by atoms with Gasteiger partial charge in [-0.15, -0.1) is 0 Å². The summed E-state index contributed by atoms with van der Waals surface area (Å²) < 4.78 is 4.87. The van der Waals surface area contributed by atoms with Crippen LogP contribution in [0.1, 0.15) is 13.8 Å². The van der Waals surface area contributed by atoms with Crippen molar-refractivity contribution in [2.75, 3.05) is 19.1 Å². The predicted molar refractivity (Wildman–Crippen MR) is 52.5 cm³/mol. The number of nitrogens with one attached hydrogen (secondary N) is 1. The topological polar surface area (TPSA) is 38.3 Å². The maximum atomic E-state index is 11.2. The number of carbonyl (C=O) groups is 1. The second-order valence-electron chi connectivity index (χ2n) is 2.74. The highest BCUT2D eigenvalue weighted by Gasteiger charge is 2.13. The minimum Gasteiger partial charge on any atom is -0.372 e. The average molecular weight is 191 g/mol. The first-order chi connectivity index (χ1) is 5.61. The first kappa shape index (κ1) is 11.8. The summed E-state index contributed by atoms with van der Waals surface area (Å²) in [7, 11) is 1.53. The van der Waals surface area contributed by atoms with Crippen molar-refractivity contribution in [1.29, 1.82) is 0 Å². The molecule has 0 aliphatic heterocycles. The zero-order valence-corrected chi connectivity index (χ0v) is 8.90. The molecule has 0 spiro atoms. The normalized spacial score (nSPS) is 15.3. The van der Waals surface area contributed by atoms with Gasteiger partial charge in [-0.2, -0.15) is 11.8 Å². The fourth-order valence-electron chi connectivity index (χ4n) is 0.759. The third-order valence-electron chi connectivity index (χ3n) is 1.53. The highest BCUT2D eigenvalue weighted by molar-refractivity contribution is 7.98. The zero-order chi connectivity index (χ0) is 9.56. The van der Waals surface area contributed by atoms with Crippen LogP contribution in [0, 0.1) is 0 Å². The van der Waals surface area contributed by atoms with Gasteiger partial charge in [-0.25, -0.2) is 0 Å². The molecule has 0 saturated carbocycles. The molecule has 0 aliphatic carbocycles. The molecule has 72 valence electrons. The van der Waals surface area contributed by atoms with Crippen LogP contribution in [0.15, 0.2) is 0 Å². The van der Waals surface area contributed by atoms with Gasteiger partial charge in [-0.3, -0.25) is 4.79 Å². The molecule has 0 bridgehead atoms. The summed E-state index contributed by atoms with van der Waals surface area (Å²) in [5.74, 6) is 0.890. The van der Waals surface area contributed by atoms with Crippen LogP contribution in [-0.4, -0.2) is 37.2 Å². The highest BCUT2D eigenvalue weighted by Crippen LogP contribution is 1.97.